The third kappa shape index (κ3) is 4.95. The van der Waals surface area contributed by atoms with Gasteiger partial charge in [-0.3, -0.25) is 0 Å². The van der Waals surface area contributed by atoms with Crippen LogP contribution in [0, 0.1) is 6.92 Å². The van der Waals surface area contributed by atoms with Gasteiger partial charge in [0.1, 0.15) is 0 Å². The topological polar surface area (TPSA) is 38.0 Å². The second-order valence-corrected chi connectivity index (χ2v) is 14.5. The molecule has 54 heavy (non-hydrogen) atoms. The Morgan fingerprint density at radius 2 is 1.07 bits per heavy atom. The summed E-state index contributed by atoms with van der Waals surface area (Å²) in [6, 6.07) is 70.1. The average molecular weight is 691 g/mol. The van der Waals surface area contributed by atoms with Crippen LogP contribution in [0.2, 0.25) is 0 Å². The lowest BCUT2D eigenvalue weighted by Crippen LogP contribution is -2.26. The van der Waals surface area contributed by atoms with Gasteiger partial charge in [0.2, 0.25) is 0 Å². The summed E-state index contributed by atoms with van der Waals surface area (Å²) in [5.41, 5.74) is 23.0. The first-order valence-corrected chi connectivity index (χ1v) is 18.6. The van der Waals surface area contributed by atoms with Crippen LogP contribution >= 0.6 is 0 Å². The maximum atomic E-state index is 5.81. The minimum absolute atomic E-state index is 0.355. The number of hydrogen-bond acceptors (Lipinski definition) is 2. The molecular formula is C52H38N2. The fraction of sp³-hybridized carbons (Fsp3) is 0.0385. The maximum absolute atomic E-state index is 5.81. The minimum atomic E-state index is -0.355. The SMILES string of the molecule is Cc1cccc(-c2ccc3c4c(ccc3c2)-c2cc3ccccc3cc2C42c3ccccc3-c3ccccc32)c1.Nc1ccccc1Nc1ccccc1. The first kappa shape index (κ1) is 31.8. The predicted molar refractivity (Wildman–Crippen MR) is 229 cm³/mol. The van der Waals surface area contributed by atoms with Gasteiger partial charge >= 0.3 is 0 Å². The molecule has 3 N–H and O–H groups in total. The number of nitrogens with one attached hydrogen (secondary N) is 1. The zero-order valence-corrected chi connectivity index (χ0v) is 30.1. The summed E-state index contributed by atoms with van der Waals surface area (Å²) in [5.74, 6) is 0. The molecule has 0 bridgehead atoms. The van der Waals surface area contributed by atoms with Gasteiger partial charge in [0.05, 0.1) is 16.8 Å². The summed E-state index contributed by atoms with van der Waals surface area (Å²) < 4.78 is 0. The van der Waals surface area contributed by atoms with Gasteiger partial charge in [0.25, 0.3) is 0 Å². The number of benzene rings is 9. The van der Waals surface area contributed by atoms with Gasteiger partial charge in [-0.05, 0) is 127 Å². The lowest BCUT2D eigenvalue weighted by atomic mass is 9.69. The molecule has 2 aliphatic rings. The predicted octanol–water partition coefficient (Wildman–Crippen LogP) is 13.3. The molecule has 0 saturated carbocycles. The van der Waals surface area contributed by atoms with Crippen LogP contribution in [-0.4, -0.2) is 0 Å². The molecule has 1 spiro atoms. The molecular weight excluding hydrogens is 653 g/mol. The monoisotopic (exact) mass is 690 g/mol. The summed E-state index contributed by atoms with van der Waals surface area (Å²) in [5, 5.41) is 8.45. The first-order valence-electron chi connectivity index (χ1n) is 18.6. The molecule has 11 rings (SSSR count). The van der Waals surface area contributed by atoms with E-state index in [9.17, 15) is 0 Å². The molecule has 0 atom stereocenters. The molecule has 0 aromatic heterocycles. The number of hydrogen-bond donors (Lipinski definition) is 2. The molecule has 0 heterocycles. The van der Waals surface area contributed by atoms with Crippen molar-refractivity contribution >= 4 is 38.6 Å². The molecule has 2 nitrogen and oxygen atoms in total. The first-order chi connectivity index (χ1) is 26.6. The van der Waals surface area contributed by atoms with E-state index in [1.165, 1.54) is 82.7 Å². The van der Waals surface area contributed by atoms with E-state index in [2.05, 4.69) is 152 Å². The van der Waals surface area contributed by atoms with Crippen molar-refractivity contribution in [2.45, 2.75) is 12.3 Å². The molecule has 2 aliphatic carbocycles. The Hall–Kier alpha value is -6.90. The van der Waals surface area contributed by atoms with E-state index in [1.54, 1.807) is 0 Å². The molecule has 0 aliphatic heterocycles. The molecule has 0 radical (unpaired) electrons. The molecule has 0 unspecified atom stereocenters. The van der Waals surface area contributed by atoms with Crippen molar-refractivity contribution in [1.29, 1.82) is 0 Å². The minimum Gasteiger partial charge on any atom is -0.397 e. The van der Waals surface area contributed by atoms with Gasteiger partial charge in [0, 0.05) is 5.69 Å². The van der Waals surface area contributed by atoms with Crippen molar-refractivity contribution in [3.63, 3.8) is 0 Å². The van der Waals surface area contributed by atoms with Gasteiger partial charge in [0.15, 0.2) is 0 Å². The smallest absolute Gasteiger partial charge is 0.0731 e. The van der Waals surface area contributed by atoms with Crippen LogP contribution in [-0.2, 0) is 5.41 Å². The van der Waals surface area contributed by atoms with Gasteiger partial charge in [-0.1, -0.05) is 157 Å². The quantitative estimate of drug-likeness (QED) is 0.181. The van der Waals surface area contributed by atoms with Crippen molar-refractivity contribution in [2.75, 3.05) is 11.1 Å². The summed E-state index contributed by atoms with van der Waals surface area (Å²) in [6.45, 7) is 2.16. The molecule has 0 saturated heterocycles. The lowest BCUT2D eigenvalue weighted by molar-refractivity contribution is 0.802. The zero-order chi connectivity index (χ0) is 36.2. The number of anilines is 3. The maximum Gasteiger partial charge on any atom is 0.0731 e. The Balaban J connectivity index is 0.000000218. The van der Waals surface area contributed by atoms with E-state index >= 15 is 0 Å². The van der Waals surface area contributed by atoms with E-state index in [0.29, 0.717) is 0 Å². The Bertz CT molecular complexity index is 2840. The van der Waals surface area contributed by atoms with E-state index in [0.717, 1.165) is 17.1 Å². The standard InChI is InChI=1S/C40H26.C12H12N2/c1-25-9-8-12-26(21-25)29-17-19-31-30(22-29)18-20-34-35-23-27-10-2-3-11-28(27)24-38(35)40(39(31)34)36-15-6-4-13-32(36)33-14-5-7-16-37(33)40;13-11-8-4-5-9-12(11)14-10-6-2-1-3-7-10/h2-24H,1H3;1-9,14H,13H2. The second kappa shape index (κ2) is 12.6. The van der Waals surface area contributed by atoms with Gasteiger partial charge < -0.3 is 11.1 Å². The summed E-state index contributed by atoms with van der Waals surface area (Å²) in [6.07, 6.45) is 0. The molecule has 2 heteroatoms. The summed E-state index contributed by atoms with van der Waals surface area (Å²) >= 11 is 0. The zero-order valence-electron chi connectivity index (χ0n) is 30.1. The Kier molecular flexibility index (Phi) is 7.45. The van der Waals surface area contributed by atoms with Crippen LogP contribution in [0.4, 0.5) is 17.1 Å². The molecule has 9 aromatic carbocycles. The normalized spacial score (nSPS) is 12.8. The number of rotatable bonds is 3. The van der Waals surface area contributed by atoms with Crippen LogP contribution in [0.25, 0.3) is 54.9 Å². The van der Waals surface area contributed by atoms with Crippen molar-refractivity contribution in [2.24, 2.45) is 0 Å². The largest absolute Gasteiger partial charge is 0.397 e. The van der Waals surface area contributed by atoms with Crippen molar-refractivity contribution in [3.05, 3.63) is 222 Å². The highest BCUT2D eigenvalue weighted by Gasteiger charge is 2.52. The lowest BCUT2D eigenvalue weighted by Gasteiger charge is -2.31. The number of para-hydroxylation sites is 3. The number of nitrogens with two attached hydrogens (primary N) is 1. The van der Waals surface area contributed by atoms with Crippen molar-refractivity contribution in [1.82, 2.24) is 0 Å². The van der Waals surface area contributed by atoms with Gasteiger partial charge in [-0.2, -0.15) is 0 Å². The average Bonchev–Trinajstić information content (AvgIpc) is 3.68. The van der Waals surface area contributed by atoms with E-state index in [4.69, 9.17) is 5.73 Å². The van der Waals surface area contributed by atoms with Crippen LogP contribution in [0.3, 0.4) is 0 Å². The highest BCUT2D eigenvalue weighted by Crippen LogP contribution is 2.64. The third-order valence-electron chi connectivity index (χ3n) is 11.3. The van der Waals surface area contributed by atoms with Crippen molar-refractivity contribution < 1.29 is 0 Å². The highest BCUT2D eigenvalue weighted by molar-refractivity contribution is 6.06. The van der Waals surface area contributed by atoms with E-state index in [-0.39, 0.29) is 5.41 Å². The third-order valence-corrected chi connectivity index (χ3v) is 11.3. The number of aryl methyl sites for hydroxylation is 1. The fourth-order valence-electron chi connectivity index (χ4n) is 8.95. The Morgan fingerprint density at radius 1 is 0.426 bits per heavy atom. The molecule has 256 valence electrons. The van der Waals surface area contributed by atoms with Gasteiger partial charge in [-0.25, -0.2) is 0 Å². The van der Waals surface area contributed by atoms with Crippen LogP contribution < -0.4 is 11.1 Å². The fourth-order valence-corrected chi connectivity index (χ4v) is 8.95. The number of fused-ring (bicyclic) bond motifs is 13. The van der Waals surface area contributed by atoms with Crippen molar-refractivity contribution in [3.8, 4) is 33.4 Å². The van der Waals surface area contributed by atoms with Crippen LogP contribution in [0.15, 0.2) is 194 Å². The Labute approximate surface area is 316 Å². The van der Waals surface area contributed by atoms with Crippen LogP contribution in [0.5, 0.6) is 0 Å². The summed E-state index contributed by atoms with van der Waals surface area (Å²) in [7, 11) is 0. The number of nitrogen functional groups attached to an aromatic ring is 1. The molecule has 9 aromatic rings. The van der Waals surface area contributed by atoms with Gasteiger partial charge in [-0.15, -0.1) is 0 Å². The van der Waals surface area contributed by atoms with E-state index in [1.807, 2.05) is 54.6 Å². The molecule has 0 fully saturated rings. The molecule has 0 amide bonds. The van der Waals surface area contributed by atoms with Crippen LogP contribution in [0.1, 0.15) is 27.8 Å². The van der Waals surface area contributed by atoms with E-state index < -0.39 is 0 Å². The highest BCUT2D eigenvalue weighted by atomic mass is 14.9. The Morgan fingerprint density at radius 3 is 1.81 bits per heavy atom. The summed E-state index contributed by atoms with van der Waals surface area (Å²) in [4.78, 5) is 0. The second-order valence-electron chi connectivity index (χ2n) is 14.5.